The van der Waals surface area contributed by atoms with Crippen molar-refractivity contribution in [1.82, 2.24) is 10.6 Å². The summed E-state index contributed by atoms with van der Waals surface area (Å²) in [6, 6.07) is 5.91. The number of rotatable bonds is 8. The Bertz CT molecular complexity index is 516. The second-order valence-corrected chi connectivity index (χ2v) is 4.20. The smallest absolute Gasteiger partial charge is 0.336 e. The van der Waals surface area contributed by atoms with Crippen LogP contribution >= 0.6 is 0 Å². The first-order valence-electron chi connectivity index (χ1n) is 6.42. The Labute approximate surface area is 122 Å². The summed E-state index contributed by atoms with van der Waals surface area (Å²) in [7, 11) is 1.53. The van der Waals surface area contributed by atoms with Crippen molar-refractivity contribution in [3.8, 4) is 0 Å². The van der Waals surface area contributed by atoms with Crippen molar-refractivity contribution in [2.75, 3.05) is 26.8 Å². The molecule has 21 heavy (non-hydrogen) atoms. The van der Waals surface area contributed by atoms with E-state index in [4.69, 9.17) is 9.84 Å². The summed E-state index contributed by atoms with van der Waals surface area (Å²) >= 11 is 0. The van der Waals surface area contributed by atoms with Crippen molar-refractivity contribution in [3.05, 3.63) is 35.4 Å². The maximum atomic E-state index is 11.9. The van der Waals surface area contributed by atoms with E-state index < -0.39 is 11.9 Å². The Morgan fingerprint density at radius 1 is 1.10 bits per heavy atom. The molecule has 0 heterocycles. The SMILES string of the molecule is COCCNC(=O)CCNC(=O)c1ccccc1C(=O)O. The van der Waals surface area contributed by atoms with Gasteiger partial charge in [0, 0.05) is 26.6 Å². The second kappa shape index (κ2) is 8.70. The molecule has 0 aliphatic heterocycles. The Balaban J connectivity index is 2.44. The lowest BCUT2D eigenvalue weighted by Gasteiger charge is -2.08. The number of carboxylic acid groups (broad SMARTS) is 1. The molecule has 0 saturated heterocycles. The zero-order valence-electron chi connectivity index (χ0n) is 11.7. The second-order valence-electron chi connectivity index (χ2n) is 4.20. The topological polar surface area (TPSA) is 105 Å². The Morgan fingerprint density at radius 3 is 2.38 bits per heavy atom. The number of hydrogen-bond donors (Lipinski definition) is 3. The minimum Gasteiger partial charge on any atom is -0.478 e. The van der Waals surface area contributed by atoms with Gasteiger partial charge >= 0.3 is 5.97 Å². The van der Waals surface area contributed by atoms with E-state index in [-0.39, 0.29) is 30.0 Å². The van der Waals surface area contributed by atoms with E-state index in [0.717, 1.165) is 0 Å². The van der Waals surface area contributed by atoms with E-state index in [9.17, 15) is 14.4 Å². The summed E-state index contributed by atoms with van der Waals surface area (Å²) in [5.41, 5.74) is 0.00402. The van der Waals surface area contributed by atoms with Gasteiger partial charge in [-0.15, -0.1) is 0 Å². The van der Waals surface area contributed by atoms with Gasteiger partial charge in [-0.2, -0.15) is 0 Å². The summed E-state index contributed by atoms with van der Waals surface area (Å²) in [4.78, 5) is 34.3. The average molecular weight is 294 g/mol. The van der Waals surface area contributed by atoms with Crippen LogP contribution in [-0.2, 0) is 9.53 Å². The Morgan fingerprint density at radius 2 is 1.76 bits per heavy atom. The van der Waals surface area contributed by atoms with Gasteiger partial charge in [0.2, 0.25) is 5.91 Å². The largest absolute Gasteiger partial charge is 0.478 e. The van der Waals surface area contributed by atoms with Crippen molar-refractivity contribution in [2.45, 2.75) is 6.42 Å². The molecule has 3 N–H and O–H groups in total. The molecular formula is C14H18N2O5. The van der Waals surface area contributed by atoms with Gasteiger partial charge in [0.1, 0.15) is 0 Å². The van der Waals surface area contributed by atoms with Crippen LogP contribution in [0, 0.1) is 0 Å². The minimum absolute atomic E-state index is 0.0699. The molecule has 7 nitrogen and oxygen atoms in total. The molecule has 0 atom stereocenters. The number of carbonyl (C=O) groups is 3. The highest BCUT2D eigenvalue weighted by molar-refractivity contribution is 6.04. The predicted molar refractivity (Wildman–Crippen MR) is 75.2 cm³/mol. The lowest BCUT2D eigenvalue weighted by Crippen LogP contribution is -2.32. The van der Waals surface area contributed by atoms with Gasteiger partial charge in [-0.1, -0.05) is 12.1 Å². The first-order chi connectivity index (χ1) is 10.1. The molecule has 0 aromatic heterocycles. The molecule has 1 rings (SSSR count). The molecule has 0 fully saturated rings. The quantitative estimate of drug-likeness (QED) is 0.597. The van der Waals surface area contributed by atoms with Crippen LogP contribution in [0.5, 0.6) is 0 Å². The van der Waals surface area contributed by atoms with Gasteiger partial charge in [0.05, 0.1) is 17.7 Å². The molecule has 0 spiro atoms. The van der Waals surface area contributed by atoms with Crippen LogP contribution < -0.4 is 10.6 Å². The molecule has 1 aromatic rings. The summed E-state index contributed by atoms with van der Waals surface area (Å²) in [5, 5.41) is 14.1. The molecule has 0 radical (unpaired) electrons. The van der Waals surface area contributed by atoms with Gasteiger partial charge in [-0.05, 0) is 12.1 Å². The fraction of sp³-hybridized carbons (Fsp3) is 0.357. The summed E-state index contributed by atoms with van der Waals surface area (Å²) < 4.78 is 4.79. The third-order valence-electron chi connectivity index (χ3n) is 2.67. The van der Waals surface area contributed by atoms with Crippen LogP contribution in [0.2, 0.25) is 0 Å². The van der Waals surface area contributed by atoms with Crippen molar-refractivity contribution in [2.24, 2.45) is 0 Å². The molecule has 114 valence electrons. The zero-order valence-corrected chi connectivity index (χ0v) is 11.7. The van der Waals surface area contributed by atoms with E-state index in [1.54, 1.807) is 12.1 Å². The number of carboxylic acids is 1. The monoisotopic (exact) mass is 294 g/mol. The first-order valence-corrected chi connectivity index (χ1v) is 6.42. The molecule has 1 aromatic carbocycles. The fourth-order valence-electron chi connectivity index (χ4n) is 1.63. The summed E-state index contributed by atoms with van der Waals surface area (Å²) in [5.74, 6) is -1.89. The molecule has 2 amide bonds. The van der Waals surface area contributed by atoms with E-state index in [1.165, 1.54) is 19.2 Å². The first kappa shape index (κ1) is 16.6. The highest BCUT2D eigenvalue weighted by Crippen LogP contribution is 2.08. The molecule has 0 aliphatic carbocycles. The lowest BCUT2D eigenvalue weighted by molar-refractivity contribution is -0.121. The highest BCUT2D eigenvalue weighted by atomic mass is 16.5. The van der Waals surface area contributed by atoms with Crippen molar-refractivity contribution < 1.29 is 24.2 Å². The van der Waals surface area contributed by atoms with Gasteiger partial charge in [-0.3, -0.25) is 9.59 Å². The number of methoxy groups -OCH3 is 1. The van der Waals surface area contributed by atoms with E-state index in [1.807, 2.05) is 0 Å². The maximum Gasteiger partial charge on any atom is 0.336 e. The predicted octanol–water partition coefficient (Wildman–Crippen LogP) is 0.267. The third kappa shape index (κ3) is 5.62. The van der Waals surface area contributed by atoms with Gasteiger partial charge in [0.15, 0.2) is 0 Å². The molecule has 0 unspecified atom stereocenters. The number of benzene rings is 1. The summed E-state index contributed by atoms with van der Waals surface area (Å²) in [6.07, 6.45) is 0.116. The molecule has 0 saturated carbocycles. The van der Waals surface area contributed by atoms with Crippen molar-refractivity contribution >= 4 is 17.8 Å². The molecule has 0 bridgehead atoms. The van der Waals surface area contributed by atoms with Crippen LogP contribution in [0.4, 0.5) is 0 Å². The number of aromatic carboxylic acids is 1. The lowest BCUT2D eigenvalue weighted by atomic mass is 10.1. The van der Waals surface area contributed by atoms with Crippen LogP contribution in [0.1, 0.15) is 27.1 Å². The van der Waals surface area contributed by atoms with Crippen molar-refractivity contribution in [3.63, 3.8) is 0 Å². The average Bonchev–Trinajstić information content (AvgIpc) is 2.47. The van der Waals surface area contributed by atoms with Gasteiger partial charge in [0.25, 0.3) is 5.91 Å². The fourth-order valence-corrected chi connectivity index (χ4v) is 1.63. The van der Waals surface area contributed by atoms with Crippen LogP contribution in [0.3, 0.4) is 0 Å². The van der Waals surface area contributed by atoms with E-state index >= 15 is 0 Å². The van der Waals surface area contributed by atoms with Crippen molar-refractivity contribution in [1.29, 1.82) is 0 Å². The minimum atomic E-state index is -1.17. The number of carbonyl (C=O) groups excluding carboxylic acids is 2. The molecular weight excluding hydrogens is 276 g/mol. The van der Waals surface area contributed by atoms with E-state index in [0.29, 0.717) is 13.2 Å². The molecule has 0 aliphatic rings. The Kier molecular flexibility index (Phi) is 6.90. The number of hydrogen-bond acceptors (Lipinski definition) is 4. The highest BCUT2D eigenvalue weighted by Gasteiger charge is 2.15. The van der Waals surface area contributed by atoms with E-state index in [2.05, 4.69) is 10.6 Å². The molecule has 7 heteroatoms. The Hall–Kier alpha value is -2.41. The number of amides is 2. The maximum absolute atomic E-state index is 11.9. The van der Waals surface area contributed by atoms with Gasteiger partial charge < -0.3 is 20.5 Å². The summed E-state index contributed by atoms with van der Waals surface area (Å²) in [6.45, 7) is 0.959. The number of ether oxygens (including phenoxy) is 1. The third-order valence-corrected chi connectivity index (χ3v) is 2.67. The normalized spacial score (nSPS) is 9.95. The van der Waals surface area contributed by atoms with Gasteiger partial charge in [-0.25, -0.2) is 4.79 Å². The standard InChI is InChI=1S/C14H18N2O5/c1-21-9-8-15-12(17)6-7-16-13(18)10-4-2-3-5-11(10)14(19)20/h2-5H,6-9H2,1H3,(H,15,17)(H,16,18)(H,19,20). The van der Waals surface area contributed by atoms with Crippen LogP contribution in [-0.4, -0.2) is 49.7 Å². The number of nitrogens with one attached hydrogen (secondary N) is 2. The van der Waals surface area contributed by atoms with Crippen LogP contribution in [0.25, 0.3) is 0 Å². The van der Waals surface area contributed by atoms with Crippen LogP contribution in [0.15, 0.2) is 24.3 Å². The zero-order chi connectivity index (χ0) is 15.7.